The molecule has 0 amide bonds. The molecule has 1 aromatic rings. The molecule has 5 unspecified atom stereocenters. The lowest BCUT2D eigenvalue weighted by Gasteiger charge is -2.13. The second kappa shape index (κ2) is 2.89. The topological polar surface area (TPSA) is 43.8 Å². The van der Waals surface area contributed by atoms with E-state index in [2.05, 4.69) is 11.2 Å². The van der Waals surface area contributed by atoms with Crippen molar-refractivity contribution in [1.29, 1.82) is 0 Å². The van der Waals surface area contributed by atoms with E-state index in [1.807, 2.05) is 17.9 Å². The standard InChI is InChI=1S/C13H19N3/c1-16-5-4-9(15-16)13(14)12-10-7-2-3-8(6-7)11(10)12/h4-5,7-8,10-13H,2-3,6,14H2,1H3. The van der Waals surface area contributed by atoms with Crippen LogP contribution in [0.3, 0.4) is 0 Å². The Morgan fingerprint density at radius 2 is 2.06 bits per heavy atom. The van der Waals surface area contributed by atoms with E-state index >= 15 is 0 Å². The first-order chi connectivity index (χ1) is 7.75. The zero-order chi connectivity index (χ0) is 10.9. The molecule has 3 aliphatic carbocycles. The molecule has 86 valence electrons. The first kappa shape index (κ1) is 9.23. The highest BCUT2D eigenvalue weighted by Gasteiger charge is 2.66. The van der Waals surface area contributed by atoms with Crippen LogP contribution in [-0.4, -0.2) is 9.78 Å². The minimum Gasteiger partial charge on any atom is -0.322 e. The van der Waals surface area contributed by atoms with Crippen molar-refractivity contribution in [1.82, 2.24) is 9.78 Å². The zero-order valence-corrected chi connectivity index (χ0v) is 9.71. The molecule has 0 radical (unpaired) electrons. The molecule has 3 aliphatic rings. The Kier molecular flexibility index (Phi) is 1.67. The summed E-state index contributed by atoms with van der Waals surface area (Å²) in [5.74, 6) is 4.68. The predicted molar refractivity (Wildman–Crippen MR) is 61.4 cm³/mol. The summed E-state index contributed by atoms with van der Waals surface area (Å²) in [7, 11) is 1.97. The number of aryl methyl sites for hydroxylation is 1. The molecule has 5 atom stereocenters. The maximum absolute atomic E-state index is 6.38. The Morgan fingerprint density at radius 1 is 1.38 bits per heavy atom. The van der Waals surface area contributed by atoms with Gasteiger partial charge in [0.15, 0.2) is 0 Å². The Bertz CT molecular complexity index is 409. The number of hydrogen-bond acceptors (Lipinski definition) is 2. The van der Waals surface area contributed by atoms with Crippen molar-refractivity contribution in [2.24, 2.45) is 42.4 Å². The fourth-order valence-electron chi connectivity index (χ4n) is 4.68. The lowest BCUT2D eigenvalue weighted by molar-refractivity contribution is 0.412. The van der Waals surface area contributed by atoms with Gasteiger partial charge in [0.1, 0.15) is 0 Å². The summed E-state index contributed by atoms with van der Waals surface area (Å²) in [4.78, 5) is 0. The van der Waals surface area contributed by atoms with Gasteiger partial charge in [0.25, 0.3) is 0 Å². The average molecular weight is 217 g/mol. The zero-order valence-electron chi connectivity index (χ0n) is 9.71. The number of aromatic nitrogens is 2. The Morgan fingerprint density at radius 3 is 2.62 bits per heavy atom. The first-order valence-electron chi connectivity index (χ1n) is 6.51. The van der Waals surface area contributed by atoms with Crippen LogP contribution < -0.4 is 5.73 Å². The molecular formula is C13H19N3. The van der Waals surface area contributed by atoms with Gasteiger partial charge in [-0.25, -0.2) is 0 Å². The van der Waals surface area contributed by atoms with Crippen molar-refractivity contribution < 1.29 is 0 Å². The van der Waals surface area contributed by atoms with Gasteiger partial charge in [-0.3, -0.25) is 4.68 Å². The minimum absolute atomic E-state index is 0.194. The number of nitrogens with zero attached hydrogens (tertiary/aromatic N) is 2. The molecule has 0 aliphatic heterocycles. The van der Waals surface area contributed by atoms with E-state index in [1.165, 1.54) is 19.3 Å². The van der Waals surface area contributed by atoms with E-state index in [-0.39, 0.29) is 6.04 Å². The minimum atomic E-state index is 0.194. The first-order valence-corrected chi connectivity index (χ1v) is 6.51. The van der Waals surface area contributed by atoms with Crippen LogP contribution in [-0.2, 0) is 7.05 Å². The summed E-state index contributed by atoms with van der Waals surface area (Å²) in [6.45, 7) is 0. The largest absolute Gasteiger partial charge is 0.322 e. The molecule has 1 aromatic heterocycles. The van der Waals surface area contributed by atoms with Gasteiger partial charge in [-0.15, -0.1) is 0 Å². The number of hydrogen-bond donors (Lipinski definition) is 1. The molecule has 0 saturated heterocycles. The summed E-state index contributed by atoms with van der Waals surface area (Å²) in [6.07, 6.45) is 6.44. The highest BCUT2D eigenvalue weighted by Crippen LogP contribution is 2.71. The number of fused-ring (bicyclic) bond motifs is 5. The van der Waals surface area contributed by atoms with Crippen LogP contribution in [0.2, 0.25) is 0 Å². The van der Waals surface area contributed by atoms with Crippen molar-refractivity contribution >= 4 is 0 Å². The fraction of sp³-hybridized carbons (Fsp3) is 0.769. The molecule has 3 saturated carbocycles. The summed E-state index contributed by atoms with van der Waals surface area (Å²) in [5, 5.41) is 4.46. The molecule has 0 spiro atoms. The molecule has 4 rings (SSSR count). The molecule has 0 aromatic carbocycles. The quantitative estimate of drug-likeness (QED) is 0.819. The van der Waals surface area contributed by atoms with Gasteiger partial charge < -0.3 is 5.73 Å². The molecule has 1 heterocycles. The van der Waals surface area contributed by atoms with Gasteiger partial charge in [0.05, 0.1) is 11.7 Å². The SMILES string of the molecule is Cn1ccc(C(N)C2C3C4CCC(C4)C32)n1. The lowest BCUT2D eigenvalue weighted by atomic mass is 9.96. The van der Waals surface area contributed by atoms with Gasteiger partial charge in [-0.1, -0.05) is 0 Å². The van der Waals surface area contributed by atoms with Crippen molar-refractivity contribution in [3.05, 3.63) is 18.0 Å². The monoisotopic (exact) mass is 217 g/mol. The predicted octanol–water partition coefficient (Wildman–Crippen LogP) is 1.71. The van der Waals surface area contributed by atoms with Crippen LogP contribution >= 0.6 is 0 Å². The van der Waals surface area contributed by atoms with Crippen molar-refractivity contribution in [3.8, 4) is 0 Å². The third-order valence-corrected chi connectivity index (χ3v) is 5.29. The molecule has 2 bridgehead atoms. The van der Waals surface area contributed by atoms with Crippen molar-refractivity contribution in [2.75, 3.05) is 0 Å². The van der Waals surface area contributed by atoms with Gasteiger partial charge in [0, 0.05) is 13.2 Å². The summed E-state index contributed by atoms with van der Waals surface area (Å²) >= 11 is 0. The highest BCUT2D eigenvalue weighted by molar-refractivity contribution is 5.20. The normalized spacial score (nSPS) is 45.8. The summed E-state index contributed by atoms with van der Waals surface area (Å²) in [6, 6.07) is 2.28. The Hall–Kier alpha value is -0.830. The van der Waals surface area contributed by atoms with Crippen molar-refractivity contribution in [3.63, 3.8) is 0 Å². The van der Waals surface area contributed by atoms with Crippen LogP contribution in [0.1, 0.15) is 31.0 Å². The molecular weight excluding hydrogens is 198 g/mol. The highest BCUT2D eigenvalue weighted by atomic mass is 15.3. The maximum atomic E-state index is 6.38. The van der Waals surface area contributed by atoms with E-state index in [9.17, 15) is 0 Å². The van der Waals surface area contributed by atoms with Gasteiger partial charge in [0.2, 0.25) is 0 Å². The summed E-state index contributed by atoms with van der Waals surface area (Å²) in [5.41, 5.74) is 7.48. The van der Waals surface area contributed by atoms with Gasteiger partial charge >= 0.3 is 0 Å². The van der Waals surface area contributed by atoms with Crippen LogP contribution in [0.25, 0.3) is 0 Å². The summed E-state index contributed by atoms with van der Waals surface area (Å²) < 4.78 is 1.86. The molecule has 3 heteroatoms. The van der Waals surface area contributed by atoms with E-state index in [0.29, 0.717) is 0 Å². The van der Waals surface area contributed by atoms with Crippen LogP contribution in [0.4, 0.5) is 0 Å². The Labute approximate surface area is 96.0 Å². The Balaban J connectivity index is 1.57. The van der Waals surface area contributed by atoms with Crippen LogP contribution in [0.5, 0.6) is 0 Å². The van der Waals surface area contributed by atoms with Crippen LogP contribution in [0, 0.1) is 29.6 Å². The van der Waals surface area contributed by atoms with Crippen molar-refractivity contribution in [2.45, 2.75) is 25.3 Å². The second-order valence-corrected chi connectivity index (χ2v) is 6.01. The lowest BCUT2D eigenvalue weighted by Crippen LogP contribution is -2.18. The molecule has 2 N–H and O–H groups in total. The smallest absolute Gasteiger partial charge is 0.0794 e. The van der Waals surface area contributed by atoms with Gasteiger partial charge in [-0.05, 0) is 54.9 Å². The van der Waals surface area contributed by atoms with E-state index in [0.717, 1.165) is 35.3 Å². The molecule has 16 heavy (non-hydrogen) atoms. The third-order valence-electron chi connectivity index (χ3n) is 5.29. The number of rotatable bonds is 2. The van der Waals surface area contributed by atoms with E-state index in [4.69, 9.17) is 5.73 Å². The van der Waals surface area contributed by atoms with E-state index in [1.54, 1.807) is 0 Å². The van der Waals surface area contributed by atoms with Gasteiger partial charge in [-0.2, -0.15) is 5.10 Å². The van der Waals surface area contributed by atoms with E-state index < -0.39 is 0 Å². The average Bonchev–Trinajstić information content (AvgIpc) is 2.68. The maximum Gasteiger partial charge on any atom is 0.0794 e. The fourth-order valence-corrected chi connectivity index (χ4v) is 4.68. The molecule has 3 nitrogen and oxygen atoms in total. The number of nitrogens with two attached hydrogens (primary N) is 1. The second-order valence-electron chi connectivity index (χ2n) is 6.01. The third kappa shape index (κ3) is 1.05. The van der Waals surface area contributed by atoms with Crippen LogP contribution in [0.15, 0.2) is 12.3 Å². The molecule has 3 fully saturated rings.